The van der Waals surface area contributed by atoms with Crippen LogP contribution < -0.4 is 5.73 Å². The summed E-state index contributed by atoms with van der Waals surface area (Å²) in [4.78, 5) is 10.5. The van der Waals surface area contributed by atoms with E-state index in [1.165, 1.54) is 5.56 Å². The fourth-order valence-corrected chi connectivity index (χ4v) is 1.30. The Balaban J connectivity index is 2.51. The molecule has 0 amide bonds. The Labute approximate surface area is 78.8 Å². The summed E-state index contributed by atoms with van der Waals surface area (Å²) in [6.45, 7) is 0.548. The van der Waals surface area contributed by atoms with Crippen molar-refractivity contribution in [3.63, 3.8) is 0 Å². The number of hydrogen-bond acceptors (Lipinski definition) is 2. The average Bonchev–Trinajstić information content (AvgIpc) is 2.19. The molecule has 0 fully saturated rings. The number of rotatable bonds is 5. The molecule has 0 aliphatic rings. The Kier molecular flexibility index (Phi) is 4.19. The van der Waals surface area contributed by atoms with Gasteiger partial charge in [0, 0.05) is 5.92 Å². The van der Waals surface area contributed by atoms with E-state index < -0.39 is 0 Å². The zero-order valence-electron chi connectivity index (χ0n) is 7.57. The Morgan fingerprint density at radius 3 is 2.54 bits per heavy atom. The molecule has 0 heterocycles. The molecule has 1 radical (unpaired) electrons. The van der Waals surface area contributed by atoms with Gasteiger partial charge in [-0.05, 0) is 24.9 Å². The molecule has 69 valence electrons. The highest BCUT2D eigenvalue weighted by Crippen LogP contribution is 2.09. The van der Waals surface area contributed by atoms with E-state index in [4.69, 9.17) is 5.73 Å². The molecule has 1 aromatic carbocycles. The number of carbonyl (C=O) groups excluding carboxylic acids is 1. The Hall–Kier alpha value is -1.15. The van der Waals surface area contributed by atoms with E-state index in [9.17, 15) is 4.79 Å². The number of benzene rings is 1. The van der Waals surface area contributed by atoms with Gasteiger partial charge in [0.15, 0.2) is 0 Å². The second-order valence-electron chi connectivity index (χ2n) is 3.08. The van der Waals surface area contributed by atoms with Crippen LogP contribution in [0.15, 0.2) is 30.3 Å². The van der Waals surface area contributed by atoms with Gasteiger partial charge in [0.1, 0.15) is 0 Å². The van der Waals surface area contributed by atoms with Crippen molar-refractivity contribution in [3.8, 4) is 0 Å². The van der Waals surface area contributed by atoms with Gasteiger partial charge in [-0.3, -0.25) is 4.79 Å². The summed E-state index contributed by atoms with van der Waals surface area (Å²) in [6, 6.07) is 9.94. The first kappa shape index (κ1) is 9.93. The quantitative estimate of drug-likeness (QED) is 0.735. The summed E-state index contributed by atoms with van der Waals surface area (Å²) in [6.07, 6.45) is 3.49. The standard InChI is InChI=1S/C11H14NO/c12-7-6-11(9-13)8-10-4-2-1-3-5-10/h1-5,11H,6-8,12H2. The van der Waals surface area contributed by atoms with Crippen LogP contribution in [-0.2, 0) is 11.2 Å². The van der Waals surface area contributed by atoms with Crippen molar-refractivity contribution < 1.29 is 4.79 Å². The zero-order valence-corrected chi connectivity index (χ0v) is 7.57. The van der Waals surface area contributed by atoms with Crippen LogP contribution in [0.2, 0.25) is 0 Å². The summed E-state index contributed by atoms with van der Waals surface area (Å²) in [5, 5.41) is 0. The third-order valence-corrected chi connectivity index (χ3v) is 2.01. The highest BCUT2D eigenvalue weighted by Gasteiger charge is 2.07. The molecule has 13 heavy (non-hydrogen) atoms. The van der Waals surface area contributed by atoms with Crippen molar-refractivity contribution in [3.05, 3.63) is 35.9 Å². The Morgan fingerprint density at radius 1 is 1.31 bits per heavy atom. The van der Waals surface area contributed by atoms with E-state index in [0.717, 1.165) is 12.8 Å². The van der Waals surface area contributed by atoms with Crippen LogP contribution in [0, 0.1) is 5.92 Å². The molecule has 1 unspecified atom stereocenters. The molecule has 0 spiro atoms. The van der Waals surface area contributed by atoms with Gasteiger partial charge in [-0.2, -0.15) is 0 Å². The summed E-state index contributed by atoms with van der Waals surface area (Å²) < 4.78 is 0. The maximum Gasteiger partial charge on any atom is 0.202 e. The van der Waals surface area contributed by atoms with Crippen molar-refractivity contribution in [2.75, 3.05) is 6.54 Å². The zero-order chi connectivity index (χ0) is 9.52. The minimum absolute atomic E-state index is 0.0487. The van der Waals surface area contributed by atoms with Crippen LogP contribution in [0.25, 0.3) is 0 Å². The lowest BCUT2D eigenvalue weighted by molar-refractivity contribution is 0.507. The molecule has 1 aromatic rings. The lowest BCUT2D eigenvalue weighted by Crippen LogP contribution is -2.12. The van der Waals surface area contributed by atoms with Gasteiger partial charge in [-0.1, -0.05) is 30.3 Å². The van der Waals surface area contributed by atoms with E-state index >= 15 is 0 Å². The molecule has 0 bridgehead atoms. The fraction of sp³-hybridized carbons (Fsp3) is 0.364. The first-order valence-electron chi connectivity index (χ1n) is 4.48. The van der Waals surface area contributed by atoms with E-state index in [0.29, 0.717) is 6.54 Å². The third kappa shape index (κ3) is 3.38. The van der Waals surface area contributed by atoms with Crippen LogP contribution in [-0.4, -0.2) is 12.8 Å². The Morgan fingerprint density at radius 2 is 2.00 bits per heavy atom. The minimum atomic E-state index is -0.0487. The molecular formula is C11H14NO. The first-order valence-corrected chi connectivity index (χ1v) is 4.48. The summed E-state index contributed by atoms with van der Waals surface area (Å²) in [7, 11) is 0. The van der Waals surface area contributed by atoms with Crippen molar-refractivity contribution in [1.29, 1.82) is 0 Å². The van der Waals surface area contributed by atoms with Gasteiger partial charge in [-0.15, -0.1) is 0 Å². The molecule has 0 aliphatic heterocycles. The van der Waals surface area contributed by atoms with Crippen LogP contribution >= 0.6 is 0 Å². The van der Waals surface area contributed by atoms with Crippen molar-refractivity contribution in [1.82, 2.24) is 0 Å². The minimum Gasteiger partial charge on any atom is -0.330 e. The van der Waals surface area contributed by atoms with Crippen LogP contribution in [0.3, 0.4) is 0 Å². The van der Waals surface area contributed by atoms with E-state index in [-0.39, 0.29) is 5.92 Å². The van der Waals surface area contributed by atoms with Gasteiger partial charge in [0.05, 0.1) is 0 Å². The average molecular weight is 176 g/mol. The van der Waals surface area contributed by atoms with Crippen molar-refractivity contribution in [2.24, 2.45) is 11.7 Å². The second kappa shape index (κ2) is 5.49. The van der Waals surface area contributed by atoms with Gasteiger partial charge in [0.2, 0.25) is 6.29 Å². The monoisotopic (exact) mass is 176 g/mol. The van der Waals surface area contributed by atoms with E-state index in [2.05, 4.69) is 0 Å². The summed E-state index contributed by atoms with van der Waals surface area (Å²) in [5.41, 5.74) is 6.55. The van der Waals surface area contributed by atoms with Crippen molar-refractivity contribution >= 4 is 6.29 Å². The second-order valence-corrected chi connectivity index (χ2v) is 3.08. The van der Waals surface area contributed by atoms with Crippen molar-refractivity contribution in [2.45, 2.75) is 12.8 Å². The number of nitrogens with two attached hydrogens (primary N) is 1. The molecule has 2 N–H and O–H groups in total. The predicted octanol–water partition coefficient (Wildman–Crippen LogP) is 1.30. The predicted molar refractivity (Wildman–Crippen MR) is 53.0 cm³/mol. The lowest BCUT2D eigenvalue weighted by Gasteiger charge is -2.06. The molecular weight excluding hydrogens is 162 g/mol. The SMILES string of the molecule is NCCC([C]=O)Cc1ccccc1. The molecule has 1 rings (SSSR count). The van der Waals surface area contributed by atoms with E-state index in [1.807, 2.05) is 36.6 Å². The smallest absolute Gasteiger partial charge is 0.202 e. The molecule has 2 nitrogen and oxygen atoms in total. The largest absolute Gasteiger partial charge is 0.330 e. The topological polar surface area (TPSA) is 43.1 Å². The van der Waals surface area contributed by atoms with Crippen LogP contribution in [0.4, 0.5) is 0 Å². The van der Waals surface area contributed by atoms with E-state index in [1.54, 1.807) is 0 Å². The van der Waals surface area contributed by atoms with Gasteiger partial charge in [-0.25, -0.2) is 0 Å². The maximum absolute atomic E-state index is 10.5. The highest BCUT2D eigenvalue weighted by atomic mass is 16.1. The molecule has 1 atom stereocenters. The molecule has 0 aromatic heterocycles. The van der Waals surface area contributed by atoms with Gasteiger partial charge in [0.25, 0.3) is 0 Å². The number of hydrogen-bond donors (Lipinski definition) is 1. The molecule has 0 saturated carbocycles. The first-order chi connectivity index (χ1) is 6.36. The summed E-state index contributed by atoms with van der Waals surface area (Å²) in [5.74, 6) is -0.0487. The lowest BCUT2D eigenvalue weighted by atomic mass is 9.98. The summed E-state index contributed by atoms with van der Waals surface area (Å²) >= 11 is 0. The third-order valence-electron chi connectivity index (χ3n) is 2.01. The van der Waals surface area contributed by atoms with Gasteiger partial charge >= 0.3 is 0 Å². The molecule has 0 saturated heterocycles. The molecule has 2 heteroatoms. The van der Waals surface area contributed by atoms with Crippen LogP contribution in [0.1, 0.15) is 12.0 Å². The Bertz CT molecular complexity index is 246. The normalized spacial score (nSPS) is 12.4. The fourth-order valence-electron chi connectivity index (χ4n) is 1.30. The van der Waals surface area contributed by atoms with Gasteiger partial charge < -0.3 is 5.73 Å². The highest BCUT2D eigenvalue weighted by molar-refractivity contribution is 5.55. The van der Waals surface area contributed by atoms with Crippen LogP contribution in [0.5, 0.6) is 0 Å². The molecule has 0 aliphatic carbocycles. The maximum atomic E-state index is 10.5.